The van der Waals surface area contributed by atoms with E-state index in [4.69, 9.17) is 16.3 Å². The van der Waals surface area contributed by atoms with Crippen molar-refractivity contribution < 1.29 is 9.53 Å². The first-order chi connectivity index (χ1) is 12.6. The second kappa shape index (κ2) is 7.97. The lowest BCUT2D eigenvalue weighted by molar-refractivity contribution is 0.0599. The van der Waals surface area contributed by atoms with Crippen LogP contribution in [0.4, 0.5) is 5.82 Å². The Morgan fingerprint density at radius 2 is 2.00 bits per heavy atom. The number of hydrogen-bond acceptors (Lipinski definition) is 5. The predicted molar refractivity (Wildman–Crippen MR) is 101 cm³/mol. The number of halogens is 1. The van der Waals surface area contributed by atoms with Crippen LogP contribution in [0.15, 0.2) is 60.8 Å². The van der Waals surface area contributed by atoms with Crippen LogP contribution in [-0.2, 0) is 4.74 Å². The van der Waals surface area contributed by atoms with Crippen molar-refractivity contribution in [1.29, 1.82) is 0 Å². The number of esters is 1. The molecular weight excluding hydrogens is 350 g/mol. The van der Waals surface area contributed by atoms with Crippen molar-refractivity contribution in [3.63, 3.8) is 0 Å². The molecule has 0 bridgehead atoms. The average molecular weight is 368 g/mol. The molecule has 0 radical (unpaired) electrons. The van der Waals surface area contributed by atoms with E-state index in [-0.39, 0.29) is 6.04 Å². The van der Waals surface area contributed by atoms with Gasteiger partial charge in [0.1, 0.15) is 5.82 Å². The smallest absolute Gasteiger partial charge is 0.339 e. The lowest BCUT2D eigenvalue weighted by Crippen LogP contribution is -2.15. The van der Waals surface area contributed by atoms with Gasteiger partial charge in [0.05, 0.1) is 30.1 Å². The Balaban J connectivity index is 1.96. The van der Waals surface area contributed by atoms with Gasteiger partial charge in [0.15, 0.2) is 0 Å². The van der Waals surface area contributed by atoms with Crippen LogP contribution in [0, 0.1) is 6.92 Å². The number of carbonyl (C=O) groups excluding carboxylic acids is 1. The van der Waals surface area contributed by atoms with Crippen LogP contribution in [0.5, 0.6) is 0 Å². The van der Waals surface area contributed by atoms with E-state index in [2.05, 4.69) is 15.3 Å². The Bertz CT molecular complexity index is 916. The highest BCUT2D eigenvalue weighted by atomic mass is 35.5. The van der Waals surface area contributed by atoms with Crippen LogP contribution in [0.3, 0.4) is 0 Å². The molecule has 0 saturated heterocycles. The van der Waals surface area contributed by atoms with Crippen LogP contribution in [0.25, 0.3) is 0 Å². The minimum absolute atomic E-state index is 0.231. The van der Waals surface area contributed by atoms with Crippen LogP contribution in [-0.4, -0.2) is 23.0 Å². The summed E-state index contributed by atoms with van der Waals surface area (Å²) < 4.78 is 4.77. The van der Waals surface area contributed by atoms with Crippen molar-refractivity contribution in [2.45, 2.75) is 13.0 Å². The van der Waals surface area contributed by atoms with E-state index in [0.717, 1.165) is 11.3 Å². The number of anilines is 1. The van der Waals surface area contributed by atoms with E-state index in [1.165, 1.54) is 7.11 Å². The summed E-state index contributed by atoms with van der Waals surface area (Å²) in [6.07, 6.45) is 1.74. The molecule has 0 amide bonds. The number of rotatable bonds is 5. The molecule has 5 nitrogen and oxygen atoms in total. The van der Waals surface area contributed by atoms with Gasteiger partial charge in [0, 0.05) is 11.2 Å². The molecule has 0 fully saturated rings. The maximum absolute atomic E-state index is 11.7. The monoisotopic (exact) mass is 367 g/mol. The van der Waals surface area contributed by atoms with Crippen molar-refractivity contribution in [2.24, 2.45) is 0 Å². The Morgan fingerprint density at radius 3 is 2.65 bits per heavy atom. The summed E-state index contributed by atoms with van der Waals surface area (Å²) in [5, 5.41) is 4.03. The van der Waals surface area contributed by atoms with Crippen molar-refractivity contribution in [3.8, 4) is 0 Å². The molecule has 1 N–H and O–H groups in total. The molecule has 1 aromatic carbocycles. The molecule has 0 spiro atoms. The van der Waals surface area contributed by atoms with E-state index >= 15 is 0 Å². The fourth-order valence-electron chi connectivity index (χ4n) is 2.68. The van der Waals surface area contributed by atoms with Gasteiger partial charge in [-0.15, -0.1) is 0 Å². The zero-order valence-electron chi connectivity index (χ0n) is 14.4. The molecule has 2 aromatic heterocycles. The SMILES string of the molecule is COC(=O)c1ccc(NC(c2cccc(Cl)c2)c2ccccn2)nc1C. The fourth-order valence-corrected chi connectivity index (χ4v) is 2.87. The highest BCUT2D eigenvalue weighted by molar-refractivity contribution is 6.30. The summed E-state index contributed by atoms with van der Waals surface area (Å²) >= 11 is 6.16. The second-order valence-electron chi connectivity index (χ2n) is 5.71. The molecule has 0 aliphatic heterocycles. The Kier molecular flexibility index (Phi) is 5.49. The molecule has 3 aromatic rings. The highest BCUT2D eigenvalue weighted by Crippen LogP contribution is 2.27. The number of aromatic nitrogens is 2. The molecule has 0 aliphatic rings. The molecule has 0 saturated carbocycles. The summed E-state index contributed by atoms with van der Waals surface area (Å²) in [6, 6.07) is 16.6. The summed E-state index contributed by atoms with van der Waals surface area (Å²) in [5.41, 5.74) is 2.84. The number of carbonyl (C=O) groups is 1. The first kappa shape index (κ1) is 17.9. The molecule has 1 atom stereocenters. The Hall–Kier alpha value is -2.92. The fraction of sp³-hybridized carbons (Fsp3) is 0.150. The van der Waals surface area contributed by atoms with Gasteiger partial charge in [-0.3, -0.25) is 4.98 Å². The topological polar surface area (TPSA) is 64.1 Å². The van der Waals surface area contributed by atoms with Crippen LogP contribution < -0.4 is 5.32 Å². The van der Waals surface area contributed by atoms with Gasteiger partial charge >= 0.3 is 5.97 Å². The average Bonchev–Trinajstić information content (AvgIpc) is 2.66. The van der Waals surface area contributed by atoms with E-state index < -0.39 is 5.97 Å². The number of benzene rings is 1. The van der Waals surface area contributed by atoms with Gasteiger partial charge < -0.3 is 10.1 Å². The summed E-state index contributed by atoms with van der Waals surface area (Å²) in [7, 11) is 1.35. The lowest BCUT2D eigenvalue weighted by atomic mass is 10.0. The lowest BCUT2D eigenvalue weighted by Gasteiger charge is -2.20. The van der Waals surface area contributed by atoms with Crippen molar-refractivity contribution in [1.82, 2.24) is 9.97 Å². The van der Waals surface area contributed by atoms with Crippen LogP contribution in [0.2, 0.25) is 5.02 Å². The van der Waals surface area contributed by atoms with Crippen LogP contribution >= 0.6 is 11.6 Å². The zero-order valence-corrected chi connectivity index (χ0v) is 15.2. The van der Waals surface area contributed by atoms with E-state index in [1.807, 2.05) is 42.5 Å². The standard InChI is InChI=1S/C20H18ClN3O2/c1-13-16(20(25)26-2)9-10-18(23-13)24-19(17-8-3-4-11-22-17)14-6-5-7-15(21)12-14/h3-12,19H,1-2H3,(H,23,24). The van der Waals surface area contributed by atoms with Crippen LogP contribution in [0.1, 0.15) is 33.4 Å². The first-order valence-electron chi connectivity index (χ1n) is 8.07. The molecule has 26 heavy (non-hydrogen) atoms. The van der Waals surface area contributed by atoms with E-state index in [0.29, 0.717) is 22.1 Å². The quantitative estimate of drug-likeness (QED) is 0.676. The van der Waals surface area contributed by atoms with Crippen molar-refractivity contribution >= 4 is 23.4 Å². The number of ether oxygens (including phenoxy) is 1. The van der Waals surface area contributed by atoms with Crippen molar-refractivity contribution in [2.75, 3.05) is 12.4 Å². The van der Waals surface area contributed by atoms with Gasteiger partial charge in [0.2, 0.25) is 0 Å². The maximum atomic E-state index is 11.7. The van der Waals surface area contributed by atoms with E-state index in [9.17, 15) is 4.79 Å². The molecule has 3 rings (SSSR count). The third kappa shape index (κ3) is 4.00. The molecule has 0 aliphatic carbocycles. The first-order valence-corrected chi connectivity index (χ1v) is 8.45. The molecule has 2 heterocycles. The number of hydrogen-bond donors (Lipinski definition) is 1. The van der Waals surface area contributed by atoms with Gasteiger partial charge in [-0.1, -0.05) is 29.8 Å². The van der Waals surface area contributed by atoms with Gasteiger partial charge in [-0.25, -0.2) is 9.78 Å². The highest BCUT2D eigenvalue weighted by Gasteiger charge is 2.17. The summed E-state index contributed by atoms with van der Waals surface area (Å²) in [4.78, 5) is 20.7. The normalized spacial score (nSPS) is 11.7. The zero-order chi connectivity index (χ0) is 18.5. The maximum Gasteiger partial charge on any atom is 0.339 e. The summed E-state index contributed by atoms with van der Waals surface area (Å²) in [6.45, 7) is 1.77. The number of aryl methyl sites for hydroxylation is 1. The Labute approximate surface area is 157 Å². The molecule has 1 unspecified atom stereocenters. The van der Waals surface area contributed by atoms with Gasteiger partial charge in [-0.05, 0) is 48.9 Å². The van der Waals surface area contributed by atoms with Gasteiger partial charge in [0.25, 0.3) is 0 Å². The molecule has 6 heteroatoms. The minimum Gasteiger partial charge on any atom is -0.465 e. The predicted octanol–water partition coefficient (Wildman–Crippen LogP) is 4.43. The third-order valence-corrected chi connectivity index (χ3v) is 4.18. The van der Waals surface area contributed by atoms with Crippen molar-refractivity contribution in [3.05, 3.63) is 88.3 Å². The number of methoxy groups -OCH3 is 1. The second-order valence-corrected chi connectivity index (χ2v) is 6.14. The Morgan fingerprint density at radius 1 is 1.15 bits per heavy atom. The van der Waals surface area contributed by atoms with E-state index in [1.54, 1.807) is 25.3 Å². The molecule has 132 valence electrons. The van der Waals surface area contributed by atoms with Gasteiger partial charge in [-0.2, -0.15) is 0 Å². The molecular formula is C20H18ClN3O2. The number of pyridine rings is 2. The largest absolute Gasteiger partial charge is 0.465 e. The summed E-state index contributed by atoms with van der Waals surface area (Å²) in [5.74, 6) is 0.225. The third-order valence-electron chi connectivity index (χ3n) is 3.95. The number of nitrogens with zero attached hydrogens (tertiary/aromatic N) is 2. The minimum atomic E-state index is -0.405. The number of nitrogens with one attached hydrogen (secondary N) is 1.